The molecule has 1 saturated heterocycles. The maximum atomic E-state index is 10.4. The number of aliphatic hydroxyl groups excluding tert-OH is 1. The number of halogens is 1. The quantitative estimate of drug-likeness (QED) is 0.555. The van der Waals surface area contributed by atoms with Gasteiger partial charge in [-0.3, -0.25) is 9.80 Å². The number of ether oxygens (including phenoxy) is 1. The molecule has 0 bridgehead atoms. The van der Waals surface area contributed by atoms with Crippen molar-refractivity contribution in [2.45, 2.75) is 26.5 Å². The van der Waals surface area contributed by atoms with Gasteiger partial charge in [-0.2, -0.15) is 4.98 Å². The molecule has 7 nitrogen and oxygen atoms in total. The van der Waals surface area contributed by atoms with Gasteiger partial charge in [0.25, 0.3) is 0 Å². The number of piperazine rings is 1. The van der Waals surface area contributed by atoms with Crippen LogP contribution in [0.2, 0.25) is 5.02 Å². The summed E-state index contributed by atoms with van der Waals surface area (Å²) < 4.78 is 11.3. The normalized spacial score (nSPS) is 16.2. The Morgan fingerprint density at radius 2 is 1.78 bits per heavy atom. The van der Waals surface area contributed by atoms with E-state index >= 15 is 0 Å². The summed E-state index contributed by atoms with van der Waals surface area (Å²) >= 11 is 5.94. The Morgan fingerprint density at radius 1 is 1.06 bits per heavy atom. The second-order valence-corrected chi connectivity index (χ2v) is 8.77. The highest BCUT2D eigenvalue weighted by molar-refractivity contribution is 6.30. The van der Waals surface area contributed by atoms with Gasteiger partial charge in [0.2, 0.25) is 11.7 Å². The summed E-state index contributed by atoms with van der Waals surface area (Å²) in [4.78, 5) is 9.06. The number of aromatic nitrogens is 2. The molecule has 0 spiro atoms. The summed E-state index contributed by atoms with van der Waals surface area (Å²) in [5.41, 5.74) is 3.11. The summed E-state index contributed by atoms with van der Waals surface area (Å²) in [6.07, 6.45) is -0.528. The van der Waals surface area contributed by atoms with E-state index in [-0.39, 0.29) is 0 Å². The molecule has 2 heterocycles. The van der Waals surface area contributed by atoms with Gasteiger partial charge in [-0.05, 0) is 55.3 Å². The zero-order valence-corrected chi connectivity index (χ0v) is 19.3. The van der Waals surface area contributed by atoms with Crippen LogP contribution < -0.4 is 4.74 Å². The van der Waals surface area contributed by atoms with Crippen LogP contribution in [0.15, 0.2) is 47.0 Å². The first-order chi connectivity index (χ1) is 15.5. The fourth-order valence-corrected chi connectivity index (χ4v) is 3.88. The third-order valence-corrected chi connectivity index (χ3v) is 5.89. The summed E-state index contributed by atoms with van der Waals surface area (Å²) in [6, 6.07) is 13.5. The van der Waals surface area contributed by atoms with Crippen molar-refractivity contribution in [1.29, 1.82) is 0 Å². The van der Waals surface area contributed by atoms with Crippen molar-refractivity contribution in [3.63, 3.8) is 0 Å². The second kappa shape index (κ2) is 10.4. The van der Waals surface area contributed by atoms with Gasteiger partial charge in [-0.25, -0.2) is 0 Å². The molecular weight excluding hydrogens is 428 g/mol. The highest BCUT2D eigenvalue weighted by Crippen LogP contribution is 2.20. The van der Waals surface area contributed by atoms with Crippen molar-refractivity contribution in [3.05, 3.63) is 64.5 Å². The monoisotopic (exact) mass is 456 g/mol. The third-order valence-electron chi connectivity index (χ3n) is 5.64. The van der Waals surface area contributed by atoms with Gasteiger partial charge >= 0.3 is 0 Å². The van der Waals surface area contributed by atoms with Gasteiger partial charge in [-0.15, -0.1) is 0 Å². The van der Waals surface area contributed by atoms with Crippen molar-refractivity contribution in [1.82, 2.24) is 19.9 Å². The van der Waals surface area contributed by atoms with Crippen molar-refractivity contribution in [2.75, 3.05) is 39.3 Å². The van der Waals surface area contributed by atoms with Crippen molar-refractivity contribution in [3.8, 4) is 17.1 Å². The fourth-order valence-electron chi connectivity index (χ4n) is 3.76. The lowest BCUT2D eigenvalue weighted by Gasteiger charge is -2.34. The molecule has 1 N–H and O–H groups in total. The average molecular weight is 457 g/mol. The predicted octanol–water partition coefficient (Wildman–Crippen LogP) is 3.56. The molecule has 1 aromatic heterocycles. The maximum Gasteiger partial charge on any atom is 0.241 e. The lowest BCUT2D eigenvalue weighted by atomic mass is 10.1. The number of rotatable bonds is 8. The Balaban J connectivity index is 1.20. The van der Waals surface area contributed by atoms with Crippen LogP contribution in [0.3, 0.4) is 0 Å². The zero-order chi connectivity index (χ0) is 22.5. The molecular formula is C24H29ClN4O3. The molecule has 3 aromatic rings. The maximum absolute atomic E-state index is 10.4. The molecule has 170 valence electrons. The highest BCUT2D eigenvalue weighted by Gasteiger charge is 2.21. The number of nitrogens with zero attached hydrogens (tertiary/aromatic N) is 4. The van der Waals surface area contributed by atoms with E-state index in [2.05, 4.69) is 26.0 Å². The SMILES string of the molecule is Cc1ccc(C)c(OC[C@@H](O)CN2CCN(Cc3nc(-c4ccc(Cl)cc4)no3)CC2)c1. The molecule has 1 aliphatic heterocycles. The zero-order valence-electron chi connectivity index (χ0n) is 18.5. The van der Waals surface area contributed by atoms with Gasteiger partial charge in [0.15, 0.2) is 0 Å². The van der Waals surface area contributed by atoms with Gasteiger partial charge in [-0.1, -0.05) is 28.9 Å². The third kappa shape index (κ3) is 6.07. The van der Waals surface area contributed by atoms with Gasteiger partial charge < -0.3 is 14.4 Å². The van der Waals surface area contributed by atoms with E-state index < -0.39 is 6.10 Å². The molecule has 0 saturated carbocycles. The van der Waals surface area contributed by atoms with Crippen LogP contribution in [0.4, 0.5) is 0 Å². The second-order valence-electron chi connectivity index (χ2n) is 8.33. The lowest BCUT2D eigenvalue weighted by molar-refractivity contribution is 0.0425. The molecule has 0 aliphatic carbocycles. The predicted molar refractivity (Wildman–Crippen MR) is 124 cm³/mol. The Morgan fingerprint density at radius 3 is 2.53 bits per heavy atom. The minimum Gasteiger partial charge on any atom is -0.491 e. The molecule has 1 aliphatic rings. The van der Waals surface area contributed by atoms with Crippen LogP contribution in [0.5, 0.6) is 5.75 Å². The van der Waals surface area contributed by atoms with E-state index in [4.69, 9.17) is 20.9 Å². The number of β-amino-alcohol motifs (C(OH)–C–C–N with tert-alkyl or cyclic N) is 1. The molecule has 1 fully saturated rings. The lowest BCUT2D eigenvalue weighted by Crippen LogP contribution is -2.48. The van der Waals surface area contributed by atoms with Crippen molar-refractivity contribution >= 4 is 11.6 Å². The van der Waals surface area contributed by atoms with Crippen LogP contribution in [0.25, 0.3) is 11.4 Å². The van der Waals surface area contributed by atoms with Crippen LogP contribution in [-0.2, 0) is 6.54 Å². The molecule has 0 radical (unpaired) electrons. The largest absolute Gasteiger partial charge is 0.491 e. The first-order valence-corrected chi connectivity index (χ1v) is 11.3. The summed E-state index contributed by atoms with van der Waals surface area (Å²) in [7, 11) is 0. The topological polar surface area (TPSA) is 74.9 Å². The Labute approximate surface area is 193 Å². The number of aryl methyl sites for hydroxylation is 2. The standard InChI is InChI=1S/C24H29ClN4O3/c1-17-3-4-18(2)22(13-17)31-16-21(30)14-28-9-11-29(12-10-28)15-23-26-24(27-32-23)19-5-7-20(25)8-6-19/h3-8,13,21,30H,9-12,14-16H2,1-2H3/t21-/m0/s1. The summed E-state index contributed by atoms with van der Waals surface area (Å²) in [6.45, 7) is 9.06. The molecule has 2 aromatic carbocycles. The molecule has 1 atom stereocenters. The van der Waals surface area contributed by atoms with Crippen LogP contribution in [-0.4, -0.2) is 70.5 Å². The van der Waals surface area contributed by atoms with Crippen LogP contribution >= 0.6 is 11.6 Å². The highest BCUT2D eigenvalue weighted by atomic mass is 35.5. The van der Waals surface area contributed by atoms with Gasteiger partial charge in [0, 0.05) is 43.3 Å². The molecule has 0 unspecified atom stereocenters. The number of aliphatic hydroxyl groups is 1. The van der Waals surface area contributed by atoms with E-state index in [1.807, 2.05) is 50.2 Å². The summed E-state index contributed by atoms with van der Waals surface area (Å²) in [5.74, 6) is 2.01. The summed E-state index contributed by atoms with van der Waals surface area (Å²) in [5, 5.41) is 15.2. The minimum absolute atomic E-state index is 0.292. The number of benzene rings is 2. The Hall–Kier alpha value is -2.45. The minimum atomic E-state index is -0.528. The van der Waals surface area contributed by atoms with Gasteiger partial charge in [0.1, 0.15) is 18.5 Å². The molecule has 32 heavy (non-hydrogen) atoms. The van der Waals surface area contributed by atoms with E-state index in [0.29, 0.717) is 36.4 Å². The average Bonchev–Trinajstić information content (AvgIpc) is 3.25. The molecule has 4 rings (SSSR count). The van der Waals surface area contributed by atoms with Gasteiger partial charge in [0.05, 0.1) is 6.54 Å². The van der Waals surface area contributed by atoms with E-state index in [9.17, 15) is 5.11 Å². The first-order valence-electron chi connectivity index (χ1n) is 10.9. The Bertz CT molecular complexity index is 1020. The Kier molecular flexibility index (Phi) is 7.42. The molecule has 8 heteroatoms. The van der Waals surface area contributed by atoms with E-state index in [0.717, 1.165) is 48.6 Å². The van der Waals surface area contributed by atoms with Crippen molar-refractivity contribution in [2.24, 2.45) is 0 Å². The number of hydrogen-bond acceptors (Lipinski definition) is 7. The smallest absolute Gasteiger partial charge is 0.241 e. The number of hydrogen-bond donors (Lipinski definition) is 1. The van der Waals surface area contributed by atoms with Crippen LogP contribution in [0.1, 0.15) is 17.0 Å². The fraction of sp³-hybridized carbons (Fsp3) is 0.417. The molecule has 0 amide bonds. The van der Waals surface area contributed by atoms with Crippen molar-refractivity contribution < 1.29 is 14.4 Å². The van der Waals surface area contributed by atoms with E-state index in [1.165, 1.54) is 0 Å². The van der Waals surface area contributed by atoms with E-state index in [1.54, 1.807) is 0 Å². The van der Waals surface area contributed by atoms with Crippen LogP contribution in [0, 0.1) is 13.8 Å². The first kappa shape index (κ1) is 22.7.